The normalized spacial score (nSPS) is 14.8. The first kappa shape index (κ1) is 9.56. The van der Waals surface area contributed by atoms with Crippen molar-refractivity contribution in [3.05, 3.63) is 11.3 Å². The van der Waals surface area contributed by atoms with E-state index >= 15 is 0 Å². The Hall–Kier alpha value is -0.990. The Labute approximate surface area is 84.9 Å². The van der Waals surface area contributed by atoms with Crippen LogP contribution in [0, 0.1) is 5.92 Å². The lowest BCUT2D eigenvalue weighted by Crippen LogP contribution is -2.06. The first-order valence-electron chi connectivity index (χ1n) is 5.48. The van der Waals surface area contributed by atoms with Crippen molar-refractivity contribution < 1.29 is 4.52 Å². The van der Waals surface area contributed by atoms with Gasteiger partial charge in [0, 0.05) is 18.5 Å². The molecule has 0 aromatic carbocycles. The number of nitrogens with one attached hydrogen (secondary N) is 1. The maximum atomic E-state index is 5.25. The largest absolute Gasteiger partial charge is 0.367 e. The SMILES string of the molecule is CC(C)CCNc1noc2c1CCC2. The molecule has 1 aliphatic carbocycles. The van der Waals surface area contributed by atoms with Crippen LogP contribution in [0.4, 0.5) is 5.82 Å². The maximum absolute atomic E-state index is 5.25. The van der Waals surface area contributed by atoms with Gasteiger partial charge in [-0.05, 0) is 25.2 Å². The van der Waals surface area contributed by atoms with E-state index < -0.39 is 0 Å². The number of nitrogens with zero attached hydrogens (tertiary/aromatic N) is 1. The maximum Gasteiger partial charge on any atom is 0.172 e. The molecule has 0 radical (unpaired) electrons. The molecule has 14 heavy (non-hydrogen) atoms. The lowest BCUT2D eigenvalue weighted by Gasteiger charge is -2.05. The smallest absolute Gasteiger partial charge is 0.172 e. The molecule has 3 heteroatoms. The van der Waals surface area contributed by atoms with Crippen LogP contribution in [-0.4, -0.2) is 11.7 Å². The number of aromatic nitrogens is 1. The summed E-state index contributed by atoms with van der Waals surface area (Å²) in [4.78, 5) is 0. The van der Waals surface area contributed by atoms with E-state index in [0.29, 0.717) is 0 Å². The Morgan fingerprint density at radius 3 is 3.07 bits per heavy atom. The van der Waals surface area contributed by atoms with E-state index in [4.69, 9.17) is 4.52 Å². The van der Waals surface area contributed by atoms with E-state index in [2.05, 4.69) is 24.3 Å². The van der Waals surface area contributed by atoms with Gasteiger partial charge in [-0.25, -0.2) is 0 Å². The van der Waals surface area contributed by atoms with Gasteiger partial charge in [-0.15, -0.1) is 0 Å². The minimum absolute atomic E-state index is 0.738. The van der Waals surface area contributed by atoms with Gasteiger partial charge in [-0.2, -0.15) is 0 Å². The van der Waals surface area contributed by atoms with Gasteiger partial charge in [0.15, 0.2) is 5.82 Å². The van der Waals surface area contributed by atoms with Crippen LogP contribution in [0.1, 0.15) is 38.0 Å². The molecule has 0 aliphatic heterocycles. The second-order valence-corrected chi connectivity index (χ2v) is 4.40. The van der Waals surface area contributed by atoms with E-state index in [1.807, 2.05) is 0 Å². The fraction of sp³-hybridized carbons (Fsp3) is 0.727. The second kappa shape index (κ2) is 4.03. The Balaban J connectivity index is 1.90. The summed E-state index contributed by atoms with van der Waals surface area (Å²) >= 11 is 0. The van der Waals surface area contributed by atoms with Crippen LogP contribution in [0.5, 0.6) is 0 Å². The average molecular weight is 194 g/mol. The van der Waals surface area contributed by atoms with E-state index in [1.54, 1.807) is 0 Å². The minimum Gasteiger partial charge on any atom is -0.367 e. The molecule has 3 nitrogen and oxygen atoms in total. The summed E-state index contributed by atoms with van der Waals surface area (Å²) in [5.41, 5.74) is 1.31. The van der Waals surface area contributed by atoms with Crippen molar-refractivity contribution >= 4 is 5.82 Å². The Morgan fingerprint density at radius 1 is 1.43 bits per heavy atom. The fourth-order valence-corrected chi connectivity index (χ4v) is 1.84. The molecule has 1 aromatic rings. The predicted octanol–water partition coefficient (Wildman–Crippen LogP) is 2.62. The average Bonchev–Trinajstić information content (AvgIpc) is 2.67. The summed E-state index contributed by atoms with van der Waals surface area (Å²) in [6.45, 7) is 5.46. The van der Waals surface area contributed by atoms with Crippen molar-refractivity contribution in [3.63, 3.8) is 0 Å². The topological polar surface area (TPSA) is 38.1 Å². The third-order valence-electron chi connectivity index (χ3n) is 2.71. The molecular formula is C11H18N2O. The van der Waals surface area contributed by atoms with E-state index in [9.17, 15) is 0 Å². The van der Waals surface area contributed by atoms with Crippen LogP contribution in [0.15, 0.2) is 4.52 Å². The molecule has 0 atom stereocenters. The Bertz CT molecular complexity index is 304. The molecule has 1 N–H and O–H groups in total. The zero-order valence-corrected chi connectivity index (χ0v) is 8.97. The summed E-state index contributed by atoms with van der Waals surface area (Å²) < 4.78 is 5.25. The molecule has 1 aliphatic rings. The number of aryl methyl sites for hydroxylation is 1. The minimum atomic E-state index is 0.738. The quantitative estimate of drug-likeness (QED) is 0.800. The first-order chi connectivity index (χ1) is 6.77. The van der Waals surface area contributed by atoms with Gasteiger partial charge in [-0.3, -0.25) is 0 Å². The second-order valence-electron chi connectivity index (χ2n) is 4.40. The van der Waals surface area contributed by atoms with Crippen LogP contribution >= 0.6 is 0 Å². The van der Waals surface area contributed by atoms with Crippen molar-refractivity contribution in [3.8, 4) is 0 Å². The Kier molecular flexibility index (Phi) is 2.75. The molecule has 0 spiro atoms. The van der Waals surface area contributed by atoms with Crippen LogP contribution in [0.25, 0.3) is 0 Å². The standard InChI is InChI=1S/C11H18N2O/c1-8(2)6-7-12-11-9-4-3-5-10(9)14-13-11/h8H,3-7H2,1-2H3,(H,12,13). The van der Waals surface area contributed by atoms with Gasteiger partial charge in [0.1, 0.15) is 5.76 Å². The number of anilines is 1. The highest BCUT2D eigenvalue weighted by Gasteiger charge is 2.20. The van der Waals surface area contributed by atoms with Crippen LogP contribution in [-0.2, 0) is 12.8 Å². The molecule has 1 aromatic heterocycles. The van der Waals surface area contributed by atoms with E-state index in [0.717, 1.165) is 36.9 Å². The lowest BCUT2D eigenvalue weighted by atomic mass is 10.1. The van der Waals surface area contributed by atoms with Gasteiger partial charge < -0.3 is 9.84 Å². The molecule has 2 rings (SSSR count). The molecule has 1 heterocycles. The first-order valence-corrected chi connectivity index (χ1v) is 5.48. The van der Waals surface area contributed by atoms with Crippen molar-refractivity contribution in [2.75, 3.05) is 11.9 Å². The van der Waals surface area contributed by atoms with Crippen LogP contribution < -0.4 is 5.32 Å². The van der Waals surface area contributed by atoms with E-state index in [1.165, 1.54) is 18.4 Å². The number of fused-ring (bicyclic) bond motifs is 1. The number of hydrogen-bond acceptors (Lipinski definition) is 3. The summed E-state index contributed by atoms with van der Waals surface area (Å²) in [6.07, 6.45) is 4.59. The predicted molar refractivity (Wildman–Crippen MR) is 56.5 cm³/mol. The monoisotopic (exact) mass is 194 g/mol. The Morgan fingerprint density at radius 2 is 2.29 bits per heavy atom. The summed E-state index contributed by atoms with van der Waals surface area (Å²) in [5.74, 6) is 2.82. The molecule has 0 fully saturated rings. The summed E-state index contributed by atoms with van der Waals surface area (Å²) in [7, 11) is 0. The molecule has 0 bridgehead atoms. The third kappa shape index (κ3) is 1.91. The molecular weight excluding hydrogens is 176 g/mol. The zero-order valence-electron chi connectivity index (χ0n) is 8.97. The van der Waals surface area contributed by atoms with Crippen LogP contribution in [0.2, 0.25) is 0 Å². The highest BCUT2D eigenvalue weighted by atomic mass is 16.5. The molecule has 0 unspecified atom stereocenters. The molecule has 0 saturated heterocycles. The molecule has 0 saturated carbocycles. The lowest BCUT2D eigenvalue weighted by molar-refractivity contribution is 0.388. The third-order valence-corrected chi connectivity index (χ3v) is 2.71. The van der Waals surface area contributed by atoms with Gasteiger partial charge in [0.25, 0.3) is 0 Å². The van der Waals surface area contributed by atoms with Gasteiger partial charge in [0.05, 0.1) is 0 Å². The van der Waals surface area contributed by atoms with Crippen LogP contribution in [0.3, 0.4) is 0 Å². The summed E-state index contributed by atoms with van der Waals surface area (Å²) in [5, 5.41) is 7.40. The van der Waals surface area contributed by atoms with Crippen molar-refractivity contribution in [1.29, 1.82) is 0 Å². The van der Waals surface area contributed by atoms with Crippen molar-refractivity contribution in [1.82, 2.24) is 5.16 Å². The van der Waals surface area contributed by atoms with Gasteiger partial charge in [-0.1, -0.05) is 19.0 Å². The molecule has 0 amide bonds. The summed E-state index contributed by atoms with van der Waals surface area (Å²) in [6, 6.07) is 0. The van der Waals surface area contributed by atoms with Crippen molar-refractivity contribution in [2.24, 2.45) is 5.92 Å². The van der Waals surface area contributed by atoms with Gasteiger partial charge >= 0.3 is 0 Å². The van der Waals surface area contributed by atoms with E-state index in [-0.39, 0.29) is 0 Å². The number of rotatable bonds is 4. The van der Waals surface area contributed by atoms with Crippen molar-refractivity contribution in [2.45, 2.75) is 39.5 Å². The highest BCUT2D eigenvalue weighted by Crippen LogP contribution is 2.28. The number of hydrogen-bond donors (Lipinski definition) is 1. The fourth-order valence-electron chi connectivity index (χ4n) is 1.84. The van der Waals surface area contributed by atoms with Gasteiger partial charge in [0.2, 0.25) is 0 Å². The highest BCUT2D eigenvalue weighted by molar-refractivity contribution is 5.47. The molecule has 78 valence electrons. The zero-order chi connectivity index (χ0) is 9.97.